The maximum Gasteiger partial charge on any atom is 0.404 e. The Morgan fingerprint density at radius 2 is 2.00 bits per heavy atom. The molecule has 2 aromatic carbocycles. The molecule has 2 heterocycles. The van der Waals surface area contributed by atoms with Gasteiger partial charge in [-0.3, -0.25) is 9.69 Å². The van der Waals surface area contributed by atoms with Gasteiger partial charge >= 0.3 is 6.18 Å². The van der Waals surface area contributed by atoms with Gasteiger partial charge in [0.1, 0.15) is 5.52 Å². The summed E-state index contributed by atoms with van der Waals surface area (Å²) in [5.41, 5.74) is -0.269. The molecule has 152 valence electrons. The highest BCUT2D eigenvalue weighted by Crippen LogP contribution is 2.46. The molecule has 0 spiro atoms. The van der Waals surface area contributed by atoms with E-state index in [2.05, 4.69) is 10.3 Å². The molecule has 0 bridgehead atoms. The van der Waals surface area contributed by atoms with Crippen LogP contribution < -0.4 is 5.32 Å². The van der Waals surface area contributed by atoms with Gasteiger partial charge in [0, 0.05) is 25.7 Å². The topological polar surface area (TPSA) is 58.4 Å². The van der Waals surface area contributed by atoms with Crippen molar-refractivity contribution in [3.8, 4) is 0 Å². The molecule has 3 aromatic rings. The van der Waals surface area contributed by atoms with Gasteiger partial charge in [-0.05, 0) is 36.7 Å². The third-order valence-corrected chi connectivity index (χ3v) is 5.33. The van der Waals surface area contributed by atoms with E-state index >= 15 is 0 Å². The van der Waals surface area contributed by atoms with Gasteiger partial charge in [0.2, 0.25) is 5.91 Å². The first-order chi connectivity index (χ1) is 13.8. The predicted octanol–water partition coefficient (Wildman–Crippen LogP) is 4.53. The Morgan fingerprint density at radius 1 is 1.24 bits per heavy atom. The van der Waals surface area contributed by atoms with Crippen molar-refractivity contribution in [3.05, 3.63) is 60.0 Å². The summed E-state index contributed by atoms with van der Waals surface area (Å²) in [6, 6.07) is 13.9. The van der Waals surface area contributed by atoms with Crippen LogP contribution in [-0.2, 0) is 11.3 Å². The van der Waals surface area contributed by atoms with E-state index in [1.54, 1.807) is 17.9 Å². The summed E-state index contributed by atoms with van der Waals surface area (Å²) in [5.74, 6) is -0.595. The van der Waals surface area contributed by atoms with Crippen molar-refractivity contribution in [2.75, 3.05) is 18.4 Å². The number of hydrogen-bond donors (Lipinski definition) is 1. The Morgan fingerprint density at radius 3 is 2.72 bits per heavy atom. The number of hydrogen-bond acceptors (Lipinski definition) is 4. The van der Waals surface area contributed by atoms with Crippen molar-refractivity contribution in [1.29, 1.82) is 0 Å². The number of nitrogens with zero attached hydrogens (tertiary/aromatic N) is 2. The van der Waals surface area contributed by atoms with Crippen LogP contribution in [0.5, 0.6) is 0 Å². The van der Waals surface area contributed by atoms with E-state index in [9.17, 15) is 18.0 Å². The molecule has 1 N–H and O–H groups in total. The van der Waals surface area contributed by atoms with Crippen LogP contribution in [0.3, 0.4) is 0 Å². The number of amides is 1. The SMILES string of the molecule is Cc1nc2cc(NC(=O)C3(C(F)(F)F)CCN(Cc4ccccc4)C3)ccc2o1. The second-order valence-corrected chi connectivity index (χ2v) is 7.40. The maximum atomic E-state index is 14.0. The second-order valence-electron chi connectivity index (χ2n) is 7.40. The molecule has 1 aromatic heterocycles. The molecule has 0 radical (unpaired) electrons. The Balaban J connectivity index is 1.55. The lowest BCUT2D eigenvalue weighted by Gasteiger charge is -2.30. The van der Waals surface area contributed by atoms with E-state index in [-0.39, 0.29) is 25.2 Å². The molecule has 1 fully saturated rings. The van der Waals surface area contributed by atoms with Gasteiger partial charge in [0.15, 0.2) is 16.9 Å². The van der Waals surface area contributed by atoms with Gasteiger partial charge < -0.3 is 9.73 Å². The van der Waals surface area contributed by atoms with Crippen LogP contribution in [0.4, 0.5) is 18.9 Å². The number of carbonyl (C=O) groups is 1. The normalized spacial score (nSPS) is 20.3. The van der Waals surface area contributed by atoms with Gasteiger partial charge in [-0.25, -0.2) is 4.98 Å². The number of fused-ring (bicyclic) bond motifs is 1. The van der Waals surface area contributed by atoms with Crippen molar-refractivity contribution in [1.82, 2.24) is 9.88 Å². The predicted molar refractivity (Wildman–Crippen MR) is 102 cm³/mol. The lowest BCUT2D eigenvalue weighted by Crippen LogP contribution is -2.49. The lowest BCUT2D eigenvalue weighted by atomic mass is 9.85. The molecular formula is C21H20F3N3O2. The van der Waals surface area contributed by atoms with E-state index in [4.69, 9.17) is 4.42 Å². The number of nitrogens with one attached hydrogen (secondary N) is 1. The van der Waals surface area contributed by atoms with Gasteiger partial charge in [0.05, 0.1) is 0 Å². The fourth-order valence-electron chi connectivity index (χ4n) is 3.78. The third-order valence-electron chi connectivity index (χ3n) is 5.33. The molecule has 1 aliphatic rings. The van der Waals surface area contributed by atoms with Crippen LogP contribution >= 0.6 is 0 Å². The quantitative estimate of drug-likeness (QED) is 0.696. The molecule has 1 atom stereocenters. The van der Waals surface area contributed by atoms with Crippen LogP contribution in [0.25, 0.3) is 11.1 Å². The highest BCUT2D eigenvalue weighted by molar-refractivity contribution is 5.97. The van der Waals surface area contributed by atoms with Crippen LogP contribution in [0.2, 0.25) is 0 Å². The molecule has 1 saturated heterocycles. The van der Waals surface area contributed by atoms with Gasteiger partial charge in [-0.15, -0.1) is 0 Å². The molecule has 1 amide bonds. The lowest BCUT2D eigenvalue weighted by molar-refractivity contribution is -0.215. The van der Waals surface area contributed by atoms with Crippen LogP contribution in [0.1, 0.15) is 17.9 Å². The van der Waals surface area contributed by atoms with Gasteiger partial charge in [0.25, 0.3) is 0 Å². The highest BCUT2D eigenvalue weighted by atomic mass is 19.4. The summed E-state index contributed by atoms with van der Waals surface area (Å²) in [6.45, 7) is 1.87. The smallest absolute Gasteiger partial charge is 0.404 e. The zero-order valence-corrected chi connectivity index (χ0v) is 15.8. The summed E-state index contributed by atoms with van der Waals surface area (Å²) >= 11 is 0. The largest absolute Gasteiger partial charge is 0.441 e. The molecule has 8 heteroatoms. The number of aromatic nitrogens is 1. The Bertz CT molecular complexity index is 1030. The van der Waals surface area contributed by atoms with E-state index in [1.165, 1.54) is 12.1 Å². The maximum absolute atomic E-state index is 14.0. The third kappa shape index (κ3) is 3.72. The van der Waals surface area contributed by atoms with Crippen LogP contribution in [0.15, 0.2) is 52.9 Å². The number of alkyl halides is 3. The minimum absolute atomic E-state index is 0.198. The van der Waals surface area contributed by atoms with E-state index in [1.807, 2.05) is 30.3 Å². The number of rotatable bonds is 4. The molecule has 0 aliphatic carbocycles. The number of benzene rings is 2. The summed E-state index contributed by atoms with van der Waals surface area (Å²) < 4.78 is 47.4. The molecule has 0 saturated carbocycles. The Kier molecular flexibility index (Phi) is 4.82. The molecule has 1 unspecified atom stereocenters. The molecule has 4 rings (SSSR count). The first-order valence-electron chi connectivity index (χ1n) is 9.28. The zero-order chi connectivity index (χ0) is 20.6. The number of aryl methyl sites for hydroxylation is 1. The summed E-state index contributed by atoms with van der Waals surface area (Å²) in [4.78, 5) is 18.6. The second kappa shape index (κ2) is 7.18. The van der Waals surface area contributed by atoms with E-state index in [0.29, 0.717) is 23.5 Å². The van der Waals surface area contributed by atoms with Crippen molar-refractivity contribution < 1.29 is 22.4 Å². The van der Waals surface area contributed by atoms with Crippen molar-refractivity contribution in [2.45, 2.75) is 26.1 Å². The average Bonchev–Trinajstić information content (AvgIpc) is 3.25. The average molecular weight is 403 g/mol. The van der Waals surface area contributed by atoms with Crippen LogP contribution in [0, 0.1) is 12.3 Å². The van der Waals surface area contributed by atoms with Crippen molar-refractivity contribution in [3.63, 3.8) is 0 Å². The van der Waals surface area contributed by atoms with Gasteiger partial charge in [-0.1, -0.05) is 30.3 Å². The molecular weight excluding hydrogens is 383 g/mol. The number of oxazole rings is 1. The fraction of sp³-hybridized carbons (Fsp3) is 0.333. The molecule has 29 heavy (non-hydrogen) atoms. The number of likely N-dealkylation sites (tertiary alicyclic amines) is 1. The standard InChI is InChI=1S/C21H20F3N3O2/c1-14-25-17-11-16(7-8-18(17)29-14)26-19(28)20(21(22,23)24)9-10-27(13-20)12-15-5-3-2-4-6-15/h2-8,11H,9-10,12-13H2,1H3,(H,26,28). The fourth-order valence-corrected chi connectivity index (χ4v) is 3.78. The first-order valence-corrected chi connectivity index (χ1v) is 9.28. The number of anilines is 1. The van der Waals surface area contributed by atoms with Crippen molar-refractivity contribution in [2.24, 2.45) is 5.41 Å². The van der Waals surface area contributed by atoms with Gasteiger partial charge in [-0.2, -0.15) is 13.2 Å². The van der Waals surface area contributed by atoms with E-state index in [0.717, 1.165) is 5.56 Å². The van der Waals surface area contributed by atoms with Crippen LogP contribution in [-0.4, -0.2) is 35.1 Å². The summed E-state index contributed by atoms with van der Waals surface area (Å²) in [5, 5.41) is 2.45. The van der Waals surface area contributed by atoms with Crippen molar-refractivity contribution >= 4 is 22.7 Å². The van der Waals surface area contributed by atoms with E-state index < -0.39 is 17.5 Å². The number of carbonyl (C=O) groups excluding carboxylic acids is 1. The number of halogens is 3. The molecule has 1 aliphatic heterocycles. The zero-order valence-electron chi connectivity index (χ0n) is 15.8. The highest BCUT2D eigenvalue weighted by Gasteiger charge is 2.62. The summed E-state index contributed by atoms with van der Waals surface area (Å²) in [6.07, 6.45) is -4.93. The summed E-state index contributed by atoms with van der Waals surface area (Å²) in [7, 11) is 0. The minimum atomic E-state index is -4.66. The molecule has 5 nitrogen and oxygen atoms in total. The monoisotopic (exact) mass is 403 g/mol. The minimum Gasteiger partial charge on any atom is -0.441 e. The first kappa shape index (κ1) is 19.4. The Hall–Kier alpha value is -2.87. The Labute approximate surface area is 165 Å².